The minimum absolute atomic E-state index is 0.0370. The third-order valence-electron chi connectivity index (χ3n) is 3.77. The number of aromatic nitrogens is 4. The van der Waals surface area contributed by atoms with Gasteiger partial charge in [-0.3, -0.25) is 4.68 Å². The molecule has 3 aromatic heterocycles. The van der Waals surface area contributed by atoms with Gasteiger partial charge in [0, 0.05) is 35.1 Å². The topological polar surface area (TPSA) is 69.9 Å². The maximum absolute atomic E-state index is 12.3. The number of nitrogens with zero attached hydrogens (tertiary/aromatic N) is 4. The Balaban J connectivity index is 1.49. The van der Waals surface area contributed by atoms with E-state index in [-0.39, 0.29) is 12.3 Å². The van der Waals surface area contributed by atoms with Crippen molar-refractivity contribution in [1.82, 2.24) is 19.7 Å². The zero-order valence-corrected chi connectivity index (χ0v) is 15.3. The molecule has 6 nitrogen and oxygen atoms in total. The van der Waals surface area contributed by atoms with Crippen LogP contribution in [0.1, 0.15) is 16.1 Å². The molecule has 4 rings (SSSR count). The highest BCUT2D eigenvalue weighted by atomic mass is 35.5. The zero-order valence-electron chi connectivity index (χ0n) is 13.7. The van der Waals surface area contributed by atoms with Gasteiger partial charge in [0.05, 0.1) is 11.7 Å². The number of aryl methyl sites for hydroxylation is 1. The molecule has 0 aliphatic rings. The van der Waals surface area contributed by atoms with E-state index in [1.807, 2.05) is 43.6 Å². The first-order chi connectivity index (χ1) is 12.6. The van der Waals surface area contributed by atoms with E-state index >= 15 is 0 Å². The highest BCUT2D eigenvalue weighted by molar-refractivity contribution is 7.13. The quantitative estimate of drug-likeness (QED) is 0.391. The van der Waals surface area contributed by atoms with E-state index in [9.17, 15) is 4.79 Å². The van der Waals surface area contributed by atoms with Gasteiger partial charge in [-0.15, -0.1) is 11.3 Å². The first-order valence-corrected chi connectivity index (χ1v) is 9.02. The fourth-order valence-electron chi connectivity index (χ4n) is 2.49. The summed E-state index contributed by atoms with van der Waals surface area (Å²) < 4.78 is 7.04. The van der Waals surface area contributed by atoms with Crippen molar-refractivity contribution in [2.75, 3.05) is 0 Å². The lowest BCUT2D eigenvalue weighted by Crippen LogP contribution is -2.06. The molecular weight excluding hydrogens is 372 g/mol. The average molecular weight is 385 g/mol. The molecule has 0 saturated heterocycles. The van der Waals surface area contributed by atoms with Crippen molar-refractivity contribution in [2.45, 2.75) is 6.61 Å². The maximum atomic E-state index is 12.3. The summed E-state index contributed by atoms with van der Waals surface area (Å²) >= 11 is 7.56. The molecule has 130 valence electrons. The van der Waals surface area contributed by atoms with Gasteiger partial charge in [0.1, 0.15) is 16.8 Å². The van der Waals surface area contributed by atoms with E-state index < -0.39 is 5.97 Å². The molecular formula is C18H13ClN4O2S. The summed E-state index contributed by atoms with van der Waals surface area (Å²) in [6.07, 6.45) is 3.54. The molecule has 0 fully saturated rings. The summed E-state index contributed by atoms with van der Waals surface area (Å²) in [4.78, 5) is 20.9. The lowest BCUT2D eigenvalue weighted by atomic mass is 10.2. The van der Waals surface area contributed by atoms with Crippen LogP contribution < -0.4 is 0 Å². The first kappa shape index (κ1) is 16.7. The first-order valence-electron chi connectivity index (χ1n) is 7.76. The number of fused-ring (bicyclic) bond motifs is 1. The Kier molecular flexibility index (Phi) is 4.40. The molecule has 26 heavy (non-hydrogen) atoms. The van der Waals surface area contributed by atoms with Gasteiger partial charge in [0.25, 0.3) is 0 Å². The SMILES string of the molecule is Cn1cc(-c2nc(C(=O)OCc3cc4ccccc4nc3Cl)cs2)cn1. The number of pyridine rings is 1. The van der Waals surface area contributed by atoms with Crippen LogP contribution in [0.2, 0.25) is 5.15 Å². The average Bonchev–Trinajstić information content (AvgIpc) is 3.28. The van der Waals surface area contributed by atoms with Crippen LogP contribution in [0.3, 0.4) is 0 Å². The molecule has 0 aliphatic carbocycles. The van der Waals surface area contributed by atoms with E-state index in [0.717, 1.165) is 21.5 Å². The lowest BCUT2D eigenvalue weighted by Gasteiger charge is -2.06. The molecule has 1 aromatic carbocycles. The summed E-state index contributed by atoms with van der Waals surface area (Å²) in [5.74, 6) is -0.499. The molecule has 0 spiro atoms. The van der Waals surface area contributed by atoms with Gasteiger partial charge >= 0.3 is 5.97 Å². The molecule has 3 heterocycles. The molecule has 0 saturated carbocycles. The third kappa shape index (κ3) is 3.31. The largest absolute Gasteiger partial charge is 0.456 e. The summed E-state index contributed by atoms with van der Waals surface area (Å²) in [5.41, 5.74) is 2.58. The zero-order chi connectivity index (χ0) is 18.1. The van der Waals surface area contributed by atoms with E-state index in [1.165, 1.54) is 11.3 Å². The van der Waals surface area contributed by atoms with Crippen LogP contribution in [0.4, 0.5) is 0 Å². The van der Waals surface area contributed by atoms with Crippen LogP contribution >= 0.6 is 22.9 Å². The molecule has 0 radical (unpaired) electrons. The van der Waals surface area contributed by atoms with E-state index in [1.54, 1.807) is 16.3 Å². The summed E-state index contributed by atoms with van der Waals surface area (Å²) in [5, 5.41) is 7.76. The van der Waals surface area contributed by atoms with Crippen molar-refractivity contribution in [1.29, 1.82) is 0 Å². The Morgan fingerprint density at radius 2 is 2.15 bits per heavy atom. The van der Waals surface area contributed by atoms with Crippen LogP contribution in [0.5, 0.6) is 0 Å². The minimum atomic E-state index is -0.499. The molecule has 0 amide bonds. The number of esters is 1. The van der Waals surface area contributed by atoms with Crippen molar-refractivity contribution >= 4 is 39.8 Å². The minimum Gasteiger partial charge on any atom is -0.456 e. The molecule has 4 aromatic rings. The highest BCUT2D eigenvalue weighted by Crippen LogP contribution is 2.24. The molecule has 0 bridgehead atoms. The Morgan fingerprint density at radius 1 is 1.31 bits per heavy atom. The Bertz CT molecular complexity index is 1110. The van der Waals surface area contributed by atoms with Gasteiger partial charge in [-0.05, 0) is 12.1 Å². The number of benzene rings is 1. The van der Waals surface area contributed by atoms with Crippen LogP contribution in [0.15, 0.2) is 48.1 Å². The van der Waals surface area contributed by atoms with E-state index in [0.29, 0.717) is 10.7 Å². The number of carbonyl (C=O) groups is 1. The second kappa shape index (κ2) is 6.86. The van der Waals surface area contributed by atoms with Gasteiger partial charge < -0.3 is 4.74 Å². The van der Waals surface area contributed by atoms with Gasteiger partial charge in [0.2, 0.25) is 0 Å². The van der Waals surface area contributed by atoms with Gasteiger partial charge in [-0.25, -0.2) is 14.8 Å². The second-order valence-electron chi connectivity index (χ2n) is 5.65. The Hall–Kier alpha value is -2.77. The Labute approximate surface area is 158 Å². The fraction of sp³-hybridized carbons (Fsp3) is 0.111. The molecule has 0 aliphatic heterocycles. The third-order valence-corrected chi connectivity index (χ3v) is 4.99. The van der Waals surface area contributed by atoms with Crippen LogP contribution in [0, 0.1) is 0 Å². The Morgan fingerprint density at radius 3 is 2.96 bits per heavy atom. The summed E-state index contributed by atoms with van der Waals surface area (Å²) in [7, 11) is 1.83. The van der Waals surface area contributed by atoms with Gasteiger partial charge in [-0.2, -0.15) is 5.10 Å². The number of para-hydroxylation sites is 1. The molecule has 8 heteroatoms. The van der Waals surface area contributed by atoms with Crippen molar-refractivity contribution in [2.24, 2.45) is 7.05 Å². The van der Waals surface area contributed by atoms with Crippen molar-refractivity contribution < 1.29 is 9.53 Å². The van der Waals surface area contributed by atoms with Crippen molar-refractivity contribution in [3.8, 4) is 10.6 Å². The molecule has 0 N–H and O–H groups in total. The number of thiazole rings is 1. The smallest absolute Gasteiger partial charge is 0.358 e. The summed E-state index contributed by atoms with van der Waals surface area (Å²) in [6.45, 7) is 0.0370. The lowest BCUT2D eigenvalue weighted by molar-refractivity contribution is 0.0467. The van der Waals surface area contributed by atoms with Crippen molar-refractivity contribution in [3.63, 3.8) is 0 Å². The molecule has 0 atom stereocenters. The van der Waals surface area contributed by atoms with E-state index in [4.69, 9.17) is 16.3 Å². The summed E-state index contributed by atoms with van der Waals surface area (Å²) in [6, 6.07) is 9.51. The predicted molar refractivity (Wildman–Crippen MR) is 100 cm³/mol. The van der Waals surface area contributed by atoms with Crippen LogP contribution in [-0.2, 0) is 18.4 Å². The highest BCUT2D eigenvalue weighted by Gasteiger charge is 2.15. The number of hydrogen-bond donors (Lipinski definition) is 0. The number of ether oxygens (including phenoxy) is 1. The monoisotopic (exact) mass is 384 g/mol. The number of carbonyl (C=O) groups excluding carboxylic acids is 1. The maximum Gasteiger partial charge on any atom is 0.358 e. The van der Waals surface area contributed by atoms with Gasteiger partial charge in [0.15, 0.2) is 5.69 Å². The van der Waals surface area contributed by atoms with E-state index in [2.05, 4.69) is 15.1 Å². The van der Waals surface area contributed by atoms with Crippen molar-refractivity contribution in [3.05, 3.63) is 64.5 Å². The van der Waals surface area contributed by atoms with Crippen LogP contribution in [0.25, 0.3) is 21.5 Å². The second-order valence-corrected chi connectivity index (χ2v) is 6.86. The number of rotatable bonds is 4. The number of hydrogen-bond acceptors (Lipinski definition) is 6. The van der Waals surface area contributed by atoms with Gasteiger partial charge in [-0.1, -0.05) is 29.8 Å². The van der Waals surface area contributed by atoms with Crippen LogP contribution in [-0.4, -0.2) is 25.7 Å². The predicted octanol–water partition coefficient (Wildman–Crippen LogP) is 4.10. The molecule has 0 unspecified atom stereocenters. The normalized spacial score (nSPS) is 11.0. The number of halogens is 1. The fourth-order valence-corrected chi connectivity index (χ4v) is 3.45. The standard InChI is InChI=1S/C18H13ClN4O2S/c1-23-8-13(7-20-23)17-22-15(10-26-17)18(24)25-9-12-6-11-4-2-3-5-14(11)21-16(12)19/h2-8,10H,9H2,1H3.